The van der Waals surface area contributed by atoms with Crippen LogP contribution in [-0.2, 0) is 0 Å². The summed E-state index contributed by atoms with van der Waals surface area (Å²) < 4.78 is 7.02. The average Bonchev–Trinajstić information content (AvgIpc) is 2.32. The smallest absolute Gasteiger partial charge is 0.343 e. The van der Waals surface area contributed by atoms with Crippen LogP contribution in [-0.4, -0.2) is 5.97 Å². The Labute approximate surface area is 116 Å². The Kier molecular flexibility index (Phi) is 3.97. The second-order valence-corrected chi connectivity index (χ2v) is 5.19. The molecular weight excluding hydrogens is 348 g/mol. The van der Waals surface area contributed by atoms with Gasteiger partial charge in [-0.1, -0.05) is 37.9 Å². The molecule has 0 N–H and O–H groups in total. The summed E-state index contributed by atoms with van der Waals surface area (Å²) in [6.07, 6.45) is 0. The number of hydrogen-bond donors (Lipinski definition) is 0. The number of carbonyl (C=O) groups is 1. The van der Waals surface area contributed by atoms with Crippen LogP contribution >= 0.6 is 31.9 Å². The molecule has 0 saturated carbocycles. The van der Waals surface area contributed by atoms with Crippen LogP contribution in [0.25, 0.3) is 0 Å². The first-order valence-electron chi connectivity index (χ1n) is 4.88. The van der Waals surface area contributed by atoms with Gasteiger partial charge in [-0.15, -0.1) is 0 Å². The minimum absolute atomic E-state index is 0.367. The van der Waals surface area contributed by atoms with Crippen molar-refractivity contribution >= 4 is 37.8 Å². The van der Waals surface area contributed by atoms with E-state index >= 15 is 0 Å². The average molecular weight is 356 g/mol. The summed E-state index contributed by atoms with van der Waals surface area (Å²) in [5.41, 5.74) is 0.516. The molecule has 0 fully saturated rings. The number of esters is 1. The molecule has 0 bridgehead atoms. The van der Waals surface area contributed by atoms with Crippen molar-refractivity contribution in [1.29, 1.82) is 0 Å². The molecule has 0 heterocycles. The van der Waals surface area contributed by atoms with E-state index in [9.17, 15) is 4.79 Å². The Balaban J connectivity index is 2.14. The molecule has 0 aliphatic heterocycles. The highest BCUT2D eigenvalue weighted by Crippen LogP contribution is 2.18. The zero-order valence-corrected chi connectivity index (χ0v) is 11.9. The lowest BCUT2D eigenvalue weighted by atomic mass is 10.2. The number of carbonyl (C=O) groups excluding carboxylic acids is 1. The molecule has 17 heavy (non-hydrogen) atoms. The van der Waals surface area contributed by atoms with Crippen molar-refractivity contribution in [3.05, 3.63) is 63.0 Å². The largest absolute Gasteiger partial charge is 0.423 e. The van der Waals surface area contributed by atoms with Crippen molar-refractivity contribution in [2.45, 2.75) is 0 Å². The van der Waals surface area contributed by atoms with Gasteiger partial charge < -0.3 is 4.74 Å². The summed E-state index contributed by atoms with van der Waals surface area (Å²) in [5.74, 6) is 0.159. The van der Waals surface area contributed by atoms with Gasteiger partial charge in [-0.3, -0.25) is 0 Å². The van der Waals surface area contributed by atoms with E-state index in [1.165, 1.54) is 0 Å². The van der Waals surface area contributed by atoms with Gasteiger partial charge in [0.1, 0.15) is 5.75 Å². The van der Waals surface area contributed by atoms with E-state index < -0.39 is 0 Å². The molecule has 0 saturated heterocycles. The summed E-state index contributed by atoms with van der Waals surface area (Å²) in [4.78, 5) is 11.8. The van der Waals surface area contributed by atoms with Crippen LogP contribution in [0.1, 0.15) is 10.4 Å². The van der Waals surface area contributed by atoms with E-state index in [4.69, 9.17) is 4.74 Å². The Morgan fingerprint density at radius 1 is 0.941 bits per heavy atom. The highest BCUT2D eigenvalue weighted by Gasteiger charge is 2.08. The topological polar surface area (TPSA) is 26.3 Å². The van der Waals surface area contributed by atoms with Crippen LogP contribution in [0.5, 0.6) is 5.75 Å². The third kappa shape index (κ3) is 3.41. The summed E-state index contributed by atoms with van der Waals surface area (Å²) in [6.45, 7) is 0. The zero-order chi connectivity index (χ0) is 12.3. The van der Waals surface area contributed by atoms with Crippen molar-refractivity contribution in [3.63, 3.8) is 0 Å². The van der Waals surface area contributed by atoms with Gasteiger partial charge in [0.25, 0.3) is 0 Å². The van der Waals surface area contributed by atoms with Gasteiger partial charge in [-0.25, -0.2) is 4.79 Å². The van der Waals surface area contributed by atoms with Gasteiger partial charge in [0, 0.05) is 8.95 Å². The normalized spacial score (nSPS) is 10.0. The van der Waals surface area contributed by atoms with Crippen molar-refractivity contribution in [2.24, 2.45) is 0 Å². The lowest BCUT2D eigenvalue weighted by Crippen LogP contribution is -2.08. The van der Waals surface area contributed by atoms with Gasteiger partial charge in [0.2, 0.25) is 0 Å². The first kappa shape index (κ1) is 12.3. The van der Waals surface area contributed by atoms with Crippen LogP contribution in [0.15, 0.2) is 57.5 Å². The lowest BCUT2D eigenvalue weighted by molar-refractivity contribution is 0.0734. The second kappa shape index (κ2) is 5.47. The molecule has 0 aromatic heterocycles. The number of rotatable bonds is 2. The third-order valence-electron chi connectivity index (χ3n) is 2.08. The third-order valence-corrected chi connectivity index (χ3v) is 3.11. The number of ether oxygens (including phenoxy) is 1. The van der Waals surface area contributed by atoms with Crippen molar-refractivity contribution in [3.8, 4) is 5.75 Å². The molecule has 0 amide bonds. The van der Waals surface area contributed by atoms with E-state index in [0.717, 1.165) is 8.95 Å². The predicted molar refractivity (Wildman–Crippen MR) is 73.2 cm³/mol. The van der Waals surface area contributed by atoms with Crippen LogP contribution in [0.2, 0.25) is 0 Å². The van der Waals surface area contributed by atoms with Gasteiger partial charge in [-0.05, 0) is 42.5 Å². The quantitative estimate of drug-likeness (QED) is 0.588. The zero-order valence-electron chi connectivity index (χ0n) is 8.69. The van der Waals surface area contributed by atoms with Crippen molar-refractivity contribution in [1.82, 2.24) is 0 Å². The molecule has 0 unspecified atom stereocenters. The van der Waals surface area contributed by atoms with Gasteiger partial charge in [0.05, 0.1) is 5.56 Å². The minimum atomic E-state index is -0.367. The first-order valence-corrected chi connectivity index (χ1v) is 6.47. The molecule has 2 aromatic rings. The van der Waals surface area contributed by atoms with E-state index in [2.05, 4.69) is 31.9 Å². The molecule has 2 nitrogen and oxygen atoms in total. The molecule has 86 valence electrons. The Morgan fingerprint density at radius 2 is 1.65 bits per heavy atom. The molecule has 0 aliphatic carbocycles. The molecule has 2 rings (SSSR count). The van der Waals surface area contributed by atoms with Gasteiger partial charge >= 0.3 is 5.97 Å². The van der Waals surface area contributed by atoms with E-state index in [0.29, 0.717) is 11.3 Å². The highest BCUT2D eigenvalue weighted by molar-refractivity contribution is 9.10. The maximum atomic E-state index is 11.8. The number of hydrogen-bond acceptors (Lipinski definition) is 2. The fourth-order valence-electron chi connectivity index (χ4n) is 1.28. The summed E-state index contributed by atoms with van der Waals surface area (Å²) in [7, 11) is 0. The second-order valence-electron chi connectivity index (χ2n) is 3.35. The molecule has 0 radical (unpaired) electrons. The first-order chi connectivity index (χ1) is 8.15. The number of halogens is 2. The fourth-order valence-corrected chi connectivity index (χ4v) is 1.95. The Bertz CT molecular complexity index is 535. The SMILES string of the molecule is O=C(Oc1ccc(Br)cc1)c1cccc(Br)c1. The standard InChI is InChI=1S/C13H8Br2O2/c14-10-4-6-12(7-5-10)17-13(16)9-2-1-3-11(15)8-9/h1-8H. The van der Waals surface area contributed by atoms with Gasteiger partial charge in [-0.2, -0.15) is 0 Å². The lowest BCUT2D eigenvalue weighted by Gasteiger charge is -2.04. The summed E-state index contributed by atoms with van der Waals surface area (Å²) in [5, 5.41) is 0. The van der Waals surface area contributed by atoms with Crippen LogP contribution in [0.3, 0.4) is 0 Å². The summed E-state index contributed by atoms with van der Waals surface area (Å²) >= 11 is 6.63. The minimum Gasteiger partial charge on any atom is -0.423 e. The monoisotopic (exact) mass is 354 g/mol. The predicted octanol–water partition coefficient (Wildman–Crippen LogP) is 4.43. The van der Waals surface area contributed by atoms with E-state index in [1.54, 1.807) is 30.3 Å². The fraction of sp³-hybridized carbons (Fsp3) is 0. The van der Waals surface area contributed by atoms with Crippen molar-refractivity contribution < 1.29 is 9.53 Å². The van der Waals surface area contributed by atoms with E-state index in [1.807, 2.05) is 18.2 Å². The maximum Gasteiger partial charge on any atom is 0.343 e. The maximum absolute atomic E-state index is 11.8. The molecule has 2 aromatic carbocycles. The van der Waals surface area contributed by atoms with Crippen LogP contribution in [0.4, 0.5) is 0 Å². The van der Waals surface area contributed by atoms with Crippen LogP contribution in [0, 0.1) is 0 Å². The molecule has 4 heteroatoms. The van der Waals surface area contributed by atoms with Crippen molar-refractivity contribution in [2.75, 3.05) is 0 Å². The molecule has 0 aliphatic rings. The Hall–Kier alpha value is -1.13. The summed E-state index contributed by atoms with van der Waals surface area (Å²) in [6, 6.07) is 14.2. The molecular formula is C13H8Br2O2. The van der Waals surface area contributed by atoms with E-state index in [-0.39, 0.29) is 5.97 Å². The van der Waals surface area contributed by atoms with Crippen LogP contribution < -0.4 is 4.74 Å². The number of benzene rings is 2. The molecule has 0 atom stereocenters. The van der Waals surface area contributed by atoms with Gasteiger partial charge in [0.15, 0.2) is 0 Å². The highest BCUT2D eigenvalue weighted by atomic mass is 79.9. The molecule has 0 spiro atoms. The Morgan fingerprint density at radius 3 is 2.29 bits per heavy atom.